The van der Waals surface area contributed by atoms with Crippen LogP contribution in [0.3, 0.4) is 0 Å². The standard InChI is InChI=1S/C17H20N4O2/c1-12-9-13(2)11-14(10-12)19-16(22)15-3-4-18-17(20-15)21-5-7-23-8-6-21/h3-4,9-11H,5-8H2,1-2H3,(H,19,22). The first-order valence-corrected chi connectivity index (χ1v) is 7.67. The van der Waals surface area contributed by atoms with Crippen LogP contribution in [-0.2, 0) is 4.74 Å². The summed E-state index contributed by atoms with van der Waals surface area (Å²) in [5.74, 6) is 0.341. The Labute approximate surface area is 135 Å². The number of aromatic nitrogens is 2. The van der Waals surface area contributed by atoms with E-state index in [1.165, 1.54) is 0 Å². The average Bonchev–Trinajstić information content (AvgIpc) is 2.55. The Kier molecular flexibility index (Phi) is 4.52. The molecule has 0 saturated carbocycles. The number of carbonyl (C=O) groups excluding carboxylic acids is 1. The lowest BCUT2D eigenvalue weighted by Crippen LogP contribution is -2.37. The Hall–Kier alpha value is -2.47. The van der Waals surface area contributed by atoms with Gasteiger partial charge in [0, 0.05) is 25.0 Å². The third kappa shape index (κ3) is 3.84. The summed E-state index contributed by atoms with van der Waals surface area (Å²) in [6, 6.07) is 7.57. The Morgan fingerprint density at radius 1 is 1.17 bits per heavy atom. The van der Waals surface area contributed by atoms with Gasteiger partial charge in [-0.1, -0.05) is 6.07 Å². The van der Waals surface area contributed by atoms with Gasteiger partial charge < -0.3 is 15.0 Å². The maximum Gasteiger partial charge on any atom is 0.274 e. The lowest BCUT2D eigenvalue weighted by molar-refractivity contribution is 0.102. The van der Waals surface area contributed by atoms with Crippen LogP contribution in [0.15, 0.2) is 30.5 Å². The molecule has 2 heterocycles. The van der Waals surface area contributed by atoms with Crippen molar-refractivity contribution in [2.24, 2.45) is 0 Å². The molecule has 0 unspecified atom stereocenters. The highest BCUT2D eigenvalue weighted by atomic mass is 16.5. The lowest BCUT2D eigenvalue weighted by Gasteiger charge is -2.26. The molecule has 3 rings (SSSR count). The highest BCUT2D eigenvalue weighted by molar-refractivity contribution is 6.03. The number of amides is 1. The molecule has 1 saturated heterocycles. The smallest absolute Gasteiger partial charge is 0.274 e. The summed E-state index contributed by atoms with van der Waals surface area (Å²) in [4.78, 5) is 23.1. The number of benzene rings is 1. The number of hydrogen-bond acceptors (Lipinski definition) is 5. The predicted molar refractivity (Wildman–Crippen MR) is 88.9 cm³/mol. The number of nitrogens with one attached hydrogen (secondary N) is 1. The third-order valence-electron chi connectivity index (χ3n) is 3.65. The molecule has 120 valence electrons. The minimum Gasteiger partial charge on any atom is -0.378 e. The Balaban J connectivity index is 1.76. The van der Waals surface area contributed by atoms with Gasteiger partial charge in [0.2, 0.25) is 5.95 Å². The van der Waals surface area contributed by atoms with E-state index in [1.807, 2.05) is 30.9 Å². The third-order valence-corrected chi connectivity index (χ3v) is 3.65. The van der Waals surface area contributed by atoms with Gasteiger partial charge in [0.25, 0.3) is 5.91 Å². The number of morpholine rings is 1. The average molecular weight is 312 g/mol. The summed E-state index contributed by atoms with van der Waals surface area (Å²) in [6.45, 7) is 6.79. The van der Waals surface area contributed by atoms with E-state index >= 15 is 0 Å². The quantitative estimate of drug-likeness (QED) is 0.941. The molecule has 1 fully saturated rings. The van der Waals surface area contributed by atoms with E-state index in [0.717, 1.165) is 29.9 Å². The van der Waals surface area contributed by atoms with Gasteiger partial charge in [-0.25, -0.2) is 9.97 Å². The molecular formula is C17H20N4O2. The van der Waals surface area contributed by atoms with Gasteiger partial charge in [-0.3, -0.25) is 4.79 Å². The van der Waals surface area contributed by atoms with Crippen molar-refractivity contribution in [2.75, 3.05) is 36.5 Å². The number of anilines is 2. The van der Waals surface area contributed by atoms with Crippen molar-refractivity contribution >= 4 is 17.5 Å². The topological polar surface area (TPSA) is 67.4 Å². The second-order valence-corrected chi connectivity index (χ2v) is 5.67. The SMILES string of the molecule is Cc1cc(C)cc(NC(=O)c2ccnc(N3CCOCC3)n2)c1. The van der Waals surface area contributed by atoms with Crippen molar-refractivity contribution in [3.63, 3.8) is 0 Å². The minimum absolute atomic E-state index is 0.230. The molecule has 6 heteroatoms. The van der Waals surface area contributed by atoms with Gasteiger partial charge in [-0.2, -0.15) is 0 Å². The molecule has 0 spiro atoms. The van der Waals surface area contributed by atoms with E-state index in [9.17, 15) is 4.79 Å². The number of rotatable bonds is 3. The largest absolute Gasteiger partial charge is 0.378 e. The summed E-state index contributed by atoms with van der Waals surface area (Å²) >= 11 is 0. The molecule has 1 amide bonds. The number of carbonyl (C=O) groups is 1. The summed E-state index contributed by atoms with van der Waals surface area (Å²) < 4.78 is 5.32. The zero-order valence-electron chi connectivity index (χ0n) is 13.4. The first-order valence-electron chi connectivity index (χ1n) is 7.67. The zero-order chi connectivity index (χ0) is 16.2. The predicted octanol–water partition coefficient (Wildman–Crippen LogP) is 2.18. The molecular weight excluding hydrogens is 292 g/mol. The van der Waals surface area contributed by atoms with Crippen LogP contribution in [0.1, 0.15) is 21.6 Å². The molecule has 0 aliphatic carbocycles. The highest BCUT2D eigenvalue weighted by Gasteiger charge is 2.16. The number of nitrogens with zero attached hydrogens (tertiary/aromatic N) is 3. The van der Waals surface area contributed by atoms with Crippen LogP contribution < -0.4 is 10.2 Å². The fourth-order valence-corrected chi connectivity index (χ4v) is 2.63. The molecule has 23 heavy (non-hydrogen) atoms. The molecule has 1 N–H and O–H groups in total. The van der Waals surface area contributed by atoms with Gasteiger partial charge >= 0.3 is 0 Å². The molecule has 2 aromatic rings. The zero-order valence-corrected chi connectivity index (χ0v) is 13.4. The maximum atomic E-state index is 12.4. The minimum atomic E-state index is -0.230. The van der Waals surface area contributed by atoms with E-state index in [0.29, 0.717) is 24.9 Å². The highest BCUT2D eigenvalue weighted by Crippen LogP contribution is 2.15. The van der Waals surface area contributed by atoms with Gasteiger partial charge in [-0.15, -0.1) is 0 Å². The molecule has 1 aromatic carbocycles. The summed E-state index contributed by atoms with van der Waals surface area (Å²) in [5.41, 5.74) is 3.36. The van der Waals surface area contributed by atoms with Crippen LogP contribution >= 0.6 is 0 Å². The first-order chi connectivity index (χ1) is 11.1. The second-order valence-electron chi connectivity index (χ2n) is 5.67. The second kappa shape index (κ2) is 6.75. The molecule has 1 aromatic heterocycles. The number of aryl methyl sites for hydroxylation is 2. The fourth-order valence-electron chi connectivity index (χ4n) is 2.63. The number of hydrogen-bond donors (Lipinski definition) is 1. The van der Waals surface area contributed by atoms with E-state index in [2.05, 4.69) is 21.4 Å². The molecule has 1 aliphatic heterocycles. The van der Waals surface area contributed by atoms with Crippen molar-refractivity contribution in [2.45, 2.75) is 13.8 Å². The summed E-state index contributed by atoms with van der Waals surface area (Å²) in [7, 11) is 0. The molecule has 0 atom stereocenters. The number of ether oxygens (including phenoxy) is 1. The van der Waals surface area contributed by atoms with Crippen molar-refractivity contribution in [1.29, 1.82) is 0 Å². The Morgan fingerprint density at radius 2 is 1.87 bits per heavy atom. The van der Waals surface area contributed by atoms with Crippen LogP contribution in [0.25, 0.3) is 0 Å². The molecule has 0 bridgehead atoms. The van der Waals surface area contributed by atoms with Crippen LogP contribution in [0.2, 0.25) is 0 Å². The van der Waals surface area contributed by atoms with E-state index in [4.69, 9.17) is 4.74 Å². The lowest BCUT2D eigenvalue weighted by atomic mass is 10.1. The molecule has 1 aliphatic rings. The maximum absolute atomic E-state index is 12.4. The monoisotopic (exact) mass is 312 g/mol. The van der Waals surface area contributed by atoms with Crippen molar-refractivity contribution in [1.82, 2.24) is 9.97 Å². The van der Waals surface area contributed by atoms with Crippen LogP contribution in [-0.4, -0.2) is 42.2 Å². The van der Waals surface area contributed by atoms with Gasteiger partial charge in [0.1, 0.15) is 5.69 Å². The van der Waals surface area contributed by atoms with E-state index in [-0.39, 0.29) is 5.91 Å². The summed E-state index contributed by atoms with van der Waals surface area (Å²) in [5, 5.41) is 2.90. The Bertz CT molecular complexity index is 691. The van der Waals surface area contributed by atoms with Gasteiger partial charge in [0.15, 0.2) is 0 Å². The Morgan fingerprint density at radius 3 is 2.57 bits per heavy atom. The molecule has 6 nitrogen and oxygen atoms in total. The summed E-state index contributed by atoms with van der Waals surface area (Å²) in [6.07, 6.45) is 1.62. The normalized spacial score (nSPS) is 14.6. The van der Waals surface area contributed by atoms with Crippen LogP contribution in [0.4, 0.5) is 11.6 Å². The van der Waals surface area contributed by atoms with Crippen LogP contribution in [0, 0.1) is 13.8 Å². The van der Waals surface area contributed by atoms with Crippen molar-refractivity contribution in [3.05, 3.63) is 47.3 Å². The molecule has 0 radical (unpaired) electrons. The first kappa shape index (κ1) is 15.4. The van der Waals surface area contributed by atoms with Gasteiger partial charge in [0.05, 0.1) is 13.2 Å². The van der Waals surface area contributed by atoms with Crippen molar-refractivity contribution < 1.29 is 9.53 Å². The van der Waals surface area contributed by atoms with Crippen molar-refractivity contribution in [3.8, 4) is 0 Å². The fraction of sp³-hybridized carbons (Fsp3) is 0.353. The van der Waals surface area contributed by atoms with Gasteiger partial charge in [-0.05, 0) is 43.2 Å². The van der Waals surface area contributed by atoms with Crippen LogP contribution in [0.5, 0.6) is 0 Å². The van der Waals surface area contributed by atoms with E-state index in [1.54, 1.807) is 12.3 Å². The van der Waals surface area contributed by atoms with E-state index < -0.39 is 0 Å².